The molecule has 1 aromatic heterocycles. The molecule has 0 spiro atoms. The second-order valence-corrected chi connectivity index (χ2v) is 7.47. The highest BCUT2D eigenvalue weighted by Crippen LogP contribution is 2.35. The zero-order valence-electron chi connectivity index (χ0n) is 17.4. The molecule has 1 unspecified atom stereocenters. The number of phenols is 1. The van der Waals surface area contributed by atoms with Gasteiger partial charge in [0, 0.05) is 29.3 Å². The van der Waals surface area contributed by atoms with E-state index in [1.165, 1.54) is 13.8 Å². The minimum Gasteiger partial charge on any atom is -0.503 e. The van der Waals surface area contributed by atoms with Gasteiger partial charge in [-0.3, -0.25) is 19.0 Å². The number of carboxylic acids is 1. The van der Waals surface area contributed by atoms with Crippen LogP contribution >= 0.6 is 0 Å². The minimum atomic E-state index is -1.41. The lowest BCUT2D eigenvalue weighted by atomic mass is 10.1. The summed E-state index contributed by atoms with van der Waals surface area (Å²) in [6, 6.07) is 3.01. The molecule has 1 amide bonds. The summed E-state index contributed by atoms with van der Waals surface area (Å²) >= 11 is 0. The number of hydrogen-bond acceptors (Lipinski definition) is 4. The van der Waals surface area contributed by atoms with Gasteiger partial charge in [0.25, 0.3) is 5.91 Å². The Morgan fingerprint density at radius 1 is 1.06 bits per heavy atom. The third kappa shape index (κ3) is 4.38. The smallest absolute Gasteiger partial charge is 0.308 e. The van der Waals surface area contributed by atoms with Crippen LogP contribution in [0.15, 0.2) is 24.3 Å². The second-order valence-electron chi connectivity index (χ2n) is 7.47. The molecule has 0 saturated heterocycles. The maximum Gasteiger partial charge on any atom is 0.308 e. The number of rotatable bonds is 6. The molecule has 0 radical (unpaired) electrons. The van der Waals surface area contributed by atoms with E-state index in [1.807, 2.05) is 0 Å². The minimum absolute atomic E-state index is 0.00920. The molecule has 11 heteroatoms. The van der Waals surface area contributed by atoms with Crippen LogP contribution in [0.5, 0.6) is 5.75 Å². The fourth-order valence-corrected chi connectivity index (χ4v) is 3.37. The third-order valence-corrected chi connectivity index (χ3v) is 5.22. The normalized spacial score (nSPS) is 12.1. The molecule has 0 aliphatic heterocycles. The molecule has 1 heterocycles. The standard InChI is InChI=1S/C22H18F4N2O5/c1-9(22(32)33)8-27-17(29)6-12-10(2)28(16-7-15(25)20(30)19(26)18(12)16)21(31)11-3-4-13(23)14(24)5-11/h3-5,7,9,30H,6,8H2,1-2H3,(H,27,29)(H,32,33). The summed E-state index contributed by atoms with van der Waals surface area (Å²) in [5.41, 5.74) is -0.745. The monoisotopic (exact) mass is 466 g/mol. The van der Waals surface area contributed by atoms with Crippen molar-refractivity contribution in [2.24, 2.45) is 5.92 Å². The van der Waals surface area contributed by atoms with Gasteiger partial charge in [0.2, 0.25) is 5.91 Å². The van der Waals surface area contributed by atoms with Gasteiger partial charge in [0.05, 0.1) is 17.9 Å². The molecular formula is C22H18F4N2O5. The Morgan fingerprint density at radius 3 is 2.33 bits per heavy atom. The number of halogens is 4. The molecule has 0 saturated carbocycles. The van der Waals surface area contributed by atoms with E-state index in [0.29, 0.717) is 18.2 Å². The quantitative estimate of drug-likeness (QED) is 0.484. The molecule has 7 nitrogen and oxygen atoms in total. The van der Waals surface area contributed by atoms with E-state index >= 15 is 0 Å². The number of aliphatic carboxylic acids is 1. The maximum absolute atomic E-state index is 14.8. The van der Waals surface area contributed by atoms with Crippen molar-refractivity contribution in [2.75, 3.05) is 6.54 Å². The van der Waals surface area contributed by atoms with Gasteiger partial charge in [0.1, 0.15) is 0 Å². The summed E-state index contributed by atoms with van der Waals surface area (Å²) in [6.07, 6.45) is -0.533. The molecular weight excluding hydrogens is 448 g/mol. The van der Waals surface area contributed by atoms with Crippen molar-refractivity contribution in [3.05, 3.63) is 64.4 Å². The topological polar surface area (TPSA) is 109 Å². The zero-order valence-corrected chi connectivity index (χ0v) is 17.4. The maximum atomic E-state index is 14.8. The highest BCUT2D eigenvalue weighted by Gasteiger charge is 2.27. The predicted molar refractivity (Wildman–Crippen MR) is 108 cm³/mol. The molecule has 0 aliphatic rings. The number of fused-ring (bicyclic) bond motifs is 1. The highest BCUT2D eigenvalue weighted by molar-refractivity contribution is 6.05. The number of carboxylic acid groups (broad SMARTS) is 1. The number of carbonyl (C=O) groups is 3. The lowest BCUT2D eigenvalue weighted by Gasteiger charge is -2.10. The fourth-order valence-electron chi connectivity index (χ4n) is 3.37. The number of aromatic nitrogens is 1. The average Bonchev–Trinajstić information content (AvgIpc) is 3.02. The van der Waals surface area contributed by atoms with Crippen LogP contribution in [0.3, 0.4) is 0 Å². The summed E-state index contributed by atoms with van der Waals surface area (Å²) in [5.74, 6) is -10.3. The van der Waals surface area contributed by atoms with Crippen LogP contribution < -0.4 is 5.32 Å². The van der Waals surface area contributed by atoms with Crippen molar-refractivity contribution >= 4 is 28.7 Å². The van der Waals surface area contributed by atoms with Gasteiger partial charge in [-0.25, -0.2) is 17.6 Å². The third-order valence-electron chi connectivity index (χ3n) is 5.22. The fraction of sp³-hybridized carbons (Fsp3) is 0.227. The van der Waals surface area contributed by atoms with Crippen LogP contribution in [0.4, 0.5) is 17.6 Å². The van der Waals surface area contributed by atoms with E-state index in [9.17, 15) is 37.1 Å². The van der Waals surface area contributed by atoms with Crippen molar-refractivity contribution in [2.45, 2.75) is 20.3 Å². The summed E-state index contributed by atoms with van der Waals surface area (Å²) in [4.78, 5) is 36.3. The van der Waals surface area contributed by atoms with Crippen molar-refractivity contribution < 1.29 is 42.2 Å². The largest absolute Gasteiger partial charge is 0.503 e. The van der Waals surface area contributed by atoms with E-state index < -0.39 is 64.5 Å². The first-order valence-corrected chi connectivity index (χ1v) is 9.64. The van der Waals surface area contributed by atoms with Crippen LogP contribution in [0, 0.1) is 36.1 Å². The zero-order chi connectivity index (χ0) is 24.6. The Balaban J connectivity index is 2.12. The predicted octanol–water partition coefficient (Wildman–Crippen LogP) is 3.28. The lowest BCUT2D eigenvalue weighted by molar-refractivity contribution is -0.141. The first-order valence-electron chi connectivity index (χ1n) is 9.64. The van der Waals surface area contributed by atoms with Crippen LogP contribution in [-0.2, 0) is 16.0 Å². The number of amides is 1. The number of carbonyl (C=O) groups excluding carboxylic acids is 2. The van der Waals surface area contributed by atoms with E-state index in [2.05, 4.69) is 5.32 Å². The van der Waals surface area contributed by atoms with Crippen LogP contribution in [0.25, 0.3) is 10.9 Å². The van der Waals surface area contributed by atoms with Crippen LogP contribution in [0.1, 0.15) is 28.5 Å². The average molecular weight is 466 g/mol. The number of nitrogens with one attached hydrogen (secondary N) is 1. The summed E-state index contributed by atoms with van der Waals surface area (Å²) < 4.78 is 56.7. The van der Waals surface area contributed by atoms with E-state index in [0.717, 1.165) is 10.6 Å². The van der Waals surface area contributed by atoms with Gasteiger partial charge in [-0.05, 0) is 30.7 Å². The van der Waals surface area contributed by atoms with Crippen molar-refractivity contribution in [3.8, 4) is 5.75 Å². The molecule has 2 aromatic carbocycles. The molecule has 0 aliphatic carbocycles. The van der Waals surface area contributed by atoms with Crippen LogP contribution in [-0.4, -0.2) is 39.1 Å². The number of nitrogens with zero attached hydrogens (tertiary/aromatic N) is 1. The van der Waals surface area contributed by atoms with Crippen molar-refractivity contribution in [1.82, 2.24) is 9.88 Å². The Morgan fingerprint density at radius 2 is 1.73 bits per heavy atom. The van der Waals surface area contributed by atoms with Gasteiger partial charge >= 0.3 is 5.97 Å². The number of hydrogen-bond donors (Lipinski definition) is 3. The Kier molecular flexibility index (Phi) is 6.43. The van der Waals surface area contributed by atoms with Gasteiger partial charge in [-0.2, -0.15) is 0 Å². The van der Waals surface area contributed by atoms with Crippen molar-refractivity contribution in [3.63, 3.8) is 0 Å². The summed E-state index contributed by atoms with van der Waals surface area (Å²) in [7, 11) is 0. The highest BCUT2D eigenvalue weighted by atomic mass is 19.2. The molecule has 3 N–H and O–H groups in total. The molecule has 0 fully saturated rings. The molecule has 1 atom stereocenters. The molecule has 3 aromatic rings. The Labute approximate surface area is 184 Å². The summed E-state index contributed by atoms with van der Waals surface area (Å²) in [5, 5.41) is 20.6. The van der Waals surface area contributed by atoms with Crippen LogP contribution in [0.2, 0.25) is 0 Å². The molecule has 174 valence electrons. The van der Waals surface area contributed by atoms with Gasteiger partial charge in [-0.1, -0.05) is 6.92 Å². The number of benzene rings is 2. The van der Waals surface area contributed by atoms with E-state index in [1.54, 1.807) is 0 Å². The molecule has 3 rings (SSSR count). The van der Waals surface area contributed by atoms with Crippen molar-refractivity contribution in [1.29, 1.82) is 0 Å². The lowest BCUT2D eigenvalue weighted by Crippen LogP contribution is -2.32. The first-order chi connectivity index (χ1) is 15.4. The van der Waals surface area contributed by atoms with Gasteiger partial charge in [-0.15, -0.1) is 0 Å². The second kappa shape index (κ2) is 8.93. The van der Waals surface area contributed by atoms with E-state index in [4.69, 9.17) is 5.11 Å². The molecule has 0 bridgehead atoms. The Bertz CT molecular complexity index is 1300. The van der Waals surface area contributed by atoms with Gasteiger partial charge in [0.15, 0.2) is 29.0 Å². The first kappa shape index (κ1) is 23.8. The summed E-state index contributed by atoms with van der Waals surface area (Å²) in [6.45, 7) is 2.47. The SMILES string of the molecule is Cc1c(CC(=O)NCC(C)C(=O)O)c2c(F)c(O)c(F)cc2n1C(=O)c1ccc(F)c(F)c1. The number of phenolic OH excluding ortho intramolecular Hbond substituents is 1. The molecule has 33 heavy (non-hydrogen) atoms. The Hall–Kier alpha value is -3.89. The van der Waals surface area contributed by atoms with E-state index in [-0.39, 0.29) is 28.9 Å². The van der Waals surface area contributed by atoms with Gasteiger partial charge < -0.3 is 15.5 Å². The number of aromatic hydroxyl groups is 1.